The van der Waals surface area contributed by atoms with Gasteiger partial charge in [-0.25, -0.2) is 12.8 Å². The van der Waals surface area contributed by atoms with Crippen LogP contribution in [0, 0.1) is 18.7 Å². The zero-order valence-electron chi connectivity index (χ0n) is 24.1. The normalized spacial score (nSPS) is 12.1. The van der Waals surface area contributed by atoms with Gasteiger partial charge in [-0.3, -0.25) is 13.9 Å². The second kappa shape index (κ2) is 14.1. The Morgan fingerprint density at radius 2 is 1.63 bits per heavy atom. The number of halogens is 1. The lowest BCUT2D eigenvalue weighted by molar-refractivity contribution is -0.139. The second-order valence-electron chi connectivity index (χ2n) is 10.2. The average Bonchev–Trinajstić information content (AvgIpc) is 2.94. The Kier molecular flexibility index (Phi) is 10.9. The first kappa shape index (κ1) is 31.6. The lowest BCUT2D eigenvalue weighted by atomic mass is 10.1. The summed E-state index contributed by atoms with van der Waals surface area (Å²) in [5.74, 6) is -0.767. The predicted octanol–water partition coefficient (Wildman–Crippen LogP) is 4.92. The van der Waals surface area contributed by atoms with E-state index in [9.17, 15) is 22.4 Å². The predicted molar refractivity (Wildman–Crippen MR) is 158 cm³/mol. The number of rotatable bonds is 13. The van der Waals surface area contributed by atoms with E-state index in [4.69, 9.17) is 4.74 Å². The zero-order chi connectivity index (χ0) is 30.2. The van der Waals surface area contributed by atoms with Gasteiger partial charge in [-0.2, -0.15) is 0 Å². The number of hydrogen-bond donors (Lipinski definition) is 1. The lowest BCUT2D eigenvalue weighted by Crippen LogP contribution is -2.51. The molecule has 3 aromatic carbocycles. The van der Waals surface area contributed by atoms with E-state index >= 15 is 0 Å². The molecule has 0 aliphatic rings. The van der Waals surface area contributed by atoms with Crippen molar-refractivity contribution >= 4 is 27.5 Å². The Morgan fingerprint density at radius 1 is 0.976 bits per heavy atom. The highest BCUT2D eigenvalue weighted by atomic mass is 32.2. The van der Waals surface area contributed by atoms with Crippen LogP contribution in [0.2, 0.25) is 0 Å². The van der Waals surface area contributed by atoms with Crippen LogP contribution in [0.25, 0.3) is 0 Å². The fourth-order valence-corrected chi connectivity index (χ4v) is 5.59. The summed E-state index contributed by atoms with van der Waals surface area (Å²) in [5.41, 5.74) is 1.89. The van der Waals surface area contributed by atoms with Crippen LogP contribution in [0.3, 0.4) is 0 Å². The molecular formula is C31H38FN3O5S. The van der Waals surface area contributed by atoms with Gasteiger partial charge in [0.05, 0.1) is 17.2 Å². The number of nitrogens with one attached hydrogen (secondary N) is 1. The van der Waals surface area contributed by atoms with Gasteiger partial charge < -0.3 is 15.0 Å². The van der Waals surface area contributed by atoms with Crippen molar-refractivity contribution in [1.29, 1.82) is 0 Å². The number of aryl methyl sites for hydroxylation is 1. The molecule has 3 aromatic rings. The van der Waals surface area contributed by atoms with Gasteiger partial charge in [0.1, 0.15) is 24.2 Å². The third kappa shape index (κ3) is 8.53. The van der Waals surface area contributed by atoms with E-state index in [0.717, 1.165) is 27.6 Å². The van der Waals surface area contributed by atoms with Crippen LogP contribution >= 0.6 is 0 Å². The maximum Gasteiger partial charge on any atom is 0.264 e. The molecule has 0 unspecified atom stereocenters. The van der Waals surface area contributed by atoms with Crippen LogP contribution in [0.15, 0.2) is 77.7 Å². The van der Waals surface area contributed by atoms with E-state index in [-0.39, 0.29) is 29.0 Å². The summed E-state index contributed by atoms with van der Waals surface area (Å²) in [6.45, 7) is 9.64. The first-order valence-electron chi connectivity index (χ1n) is 13.6. The molecule has 0 bridgehead atoms. The van der Waals surface area contributed by atoms with Gasteiger partial charge >= 0.3 is 0 Å². The molecule has 0 saturated heterocycles. The van der Waals surface area contributed by atoms with E-state index in [1.165, 1.54) is 41.3 Å². The van der Waals surface area contributed by atoms with E-state index in [1.807, 2.05) is 52.0 Å². The maximum absolute atomic E-state index is 13.9. The molecule has 0 saturated carbocycles. The first-order valence-corrected chi connectivity index (χ1v) is 15.0. The van der Waals surface area contributed by atoms with Gasteiger partial charge in [-0.1, -0.05) is 43.7 Å². The molecule has 1 N–H and O–H groups in total. The molecule has 0 spiro atoms. The number of nitrogens with zero attached hydrogens (tertiary/aromatic N) is 2. The molecule has 0 radical (unpaired) electrons. The summed E-state index contributed by atoms with van der Waals surface area (Å²) in [6.07, 6.45) is 0. The SMILES string of the molecule is CCOc1ccc(S(=O)(=O)N(CC(=O)N(Cc2cccc(C)c2)[C@H](C)C(=O)NCC(C)C)c2ccc(F)cc2)cc1. The minimum Gasteiger partial charge on any atom is -0.494 e. The van der Waals surface area contributed by atoms with Gasteiger partial charge in [0.2, 0.25) is 11.8 Å². The molecule has 10 heteroatoms. The zero-order valence-corrected chi connectivity index (χ0v) is 24.9. The first-order chi connectivity index (χ1) is 19.4. The molecule has 0 fully saturated rings. The monoisotopic (exact) mass is 583 g/mol. The van der Waals surface area contributed by atoms with Crippen molar-refractivity contribution < 1.29 is 27.1 Å². The maximum atomic E-state index is 13.9. The molecule has 2 amide bonds. The van der Waals surface area contributed by atoms with Crippen molar-refractivity contribution in [2.75, 3.05) is 24.0 Å². The van der Waals surface area contributed by atoms with Gasteiger partial charge in [0.25, 0.3) is 10.0 Å². The van der Waals surface area contributed by atoms with Gasteiger partial charge in [0.15, 0.2) is 0 Å². The summed E-state index contributed by atoms with van der Waals surface area (Å²) in [4.78, 5) is 28.3. The Hall–Kier alpha value is -3.92. The molecule has 0 aromatic heterocycles. The number of sulfonamides is 1. The van der Waals surface area contributed by atoms with Crippen LogP contribution in [0.4, 0.5) is 10.1 Å². The number of carbonyl (C=O) groups is 2. The Morgan fingerprint density at radius 3 is 2.22 bits per heavy atom. The largest absolute Gasteiger partial charge is 0.494 e. The van der Waals surface area contributed by atoms with Crippen LogP contribution in [0.1, 0.15) is 38.8 Å². The Bertz CT molecular complexity index is 1430. The molecule has 0 aliphatic heterocycles. The molecule has 220 valence electrons. The van der Waals surface area contributed by atoms with Crippen molar-refractivity contribution in [2.45, 2.75) is 52.1 Å². The average molecular weight is 584 g/mol. The van der Waals surface area contributed by atoms with E-state index in [0.29, 0.717) is 18.9 Å². The third-order valence-electron chi connectivity index (χ3n) is 6.40. The third-order valence-corrected chi connectivity index (χ3v) is 8.19. The summed E-state index contributed by atoms with van der Waals surface area (Å²) in [5, 5.41) is 2.86. The minimum absolute atomic E-state index is 0.0639. The number of carbonyl (C=O) groups excluding carboxylic acids is 2. The highest BCUT2D eigenvalue weighted by Gasteiger charge is 2.32. The van der Waals surface area contributed by atoms with Crippen molar-refractivity contribution in [2.24, 2.45) is 5.92 Å². The summed E-state index contributed by atoms with van der Waals surface area (Å²) < 4.78 is 47.9. The van der Waals surface area contributed by atoms with Crippen LogP contribution in [0.5, 0.6) is 5.75 Å². The molecular weight excluding hydrogens is 545 g/mol. The number of ether oxygens (including phenoxy) is 1. The summed E-state index contributed by atoms with van der Waals surface area (Å²) >= 11 is 0. The van der Waals surface area contributed by atoms with Crippen molar-refractivity contribution in [3.8, 4) is 5.75 Å². The molecule has 0 heterocycles. The van der Waals surface area contributed by atoms with E-state index in [2.05, 4.69) is 5.32 Å². The highest BCUT2D eigenvalue weighted by molar-refractivity contribution is 7.92. The molecule has 3 rings (SSSR count). The van der Waals surface area contributed by atoms with Crippen LogP contribution in [-0.4, -0.2) is 50.9 Å². The van der Waals surface area contributed by atoms with Crippen LogP contribution < -0.4 is 14.4 Å². The number of anilines is 1. The molecule has 0 aliphatic carbocycles. The van der Waals surface area contributed by atoms with Crippen molar-refractivity contribution in [3.05, 3.63) is 89.7 Å². The molecule has 1 atom stereocenters. The minimum atomic E-state index is -4.27. The fraction of sp³-hybridized carbons (Fsp3) is 0.355. The number of hydrogen-bond acceptors (Lipinski definition) is 5. The van der Waals surface area contributed by atoms with Gasteiger partial charge in [-0.15, -0.1) is 0 Å². The Balaban J connectivity index is 2.00. The quantitative estimate of drug-likeness (QED) is 0.308. The highest BCUT2D eigenvalue weighted by Crippen LogP contribution is 2.26. The van der Waals surface area contributed by atoms with Crippen LogP contribution in [-0.2, 0) is 26.2 Å². The fourth-order valence-electron chi connectivity index (χ4n) is 4.18. The summed E-state index contributed by atoms with van der Waals surface area (Å²) in [6, 6.07) is 17.4. The molecule has 8 nitrogen and oxygen atoms in total. The second-order valence-corrected chi connectivity index (χ2v) is 12.1. The van der Waals surface area contributed by atoms with E-state index in [1.54, 1.807) is 6.92 Å². The standard InChI is InChI=1S/C31H38FN3O5S/c1-6-40-28-14-16-29(17-15-28)41(38,39)35(27-12-10-26(32)11-13-27)21-30(36)34(20-25-9-7-8-23(4)18-25)24(5)31(37)33-19-22(2)3/h7-18,22,24H,6,19-21H2,1-5H3,(H,33,37)/t24-/m1/s1. The Labute approximate surface area is 242 Å². The summed E-state index contributed by atoms with van der Waals surface area (Å²) in [7, 11) is -4.27. The van der Waals surface area contributed by atoms with Crippen molar-refractivity contribution in [1.82, 2.24) is 10.2 Å². The molecule has 41 heavy (non-hydrogen) atoms. The smallest absolute Gasteiger partial charge is 0.264 e. The number of benzene rings is 3. The van der Waals surface area contributed by atoms with E-state index < -0.39 is 34.3 Å². The lowest BCUT2D eigenvalue weighted by Gasteiger charge is -2.32. The van der Waals surface area contributed by atoms with Gasteiger partial charge in [-0.05, 0) is 80.8 Å². The number of amides is 2. The topological polar surface area (TPSA) is 96.0 Å². The van der Waals surface area contributed by atoms with Gasteiger partial charge in [0, 0.05) is 13.1 Å². The van der Waals surface area contributed by atoms with Crippen molar-refractivity contribution in [3.63, 3.8) is 0 Å².